The Labute approximate surface area is 129 Å². The first-order chi connectivity index (χ1) is 10.1. The molecule has 124 valence electrons. The van der Waals surface area contributed by atoms with E-state index in [-0.39, 0.29) is 11.8 Å². The second kappa shape index (κ2) is 5.84. The first-order valence-electron chi connectivity index (χ1n) is 6.92. The van der Waals surface area contributed by atoms with E-state index in [0.29, 0.717) is 26.2 Å². The third kappa shape index (κ3) is 3.95. The molecule has 0 spiro atoms. The van der Waals surface area contributed by atoms with Crippen LogP contribution in [-0.4, -0.2) is 56.3 Å². The molecule has 1 amide bonds. The molecule has 2 rings (SSSR count). The standard InChI is InChI=1S/C12H21N5O4S/c1-12(2,3)11(18)13-10-9-17(14-21-10)15-5-7-16(8-6-15)22(4,19)20/h9H,5-8H2,1-4H3. The maximum atomic E-state index is 11.8. The number of carbonyl (C=O) groups is 1. The monoisotopic (exact) mass is 331 g/mol. The molecular weight excluding hydrogens is 310 g/mol. The zero-order valence-corrected chi connectivity index (χ0v) is 14.0. The second-order valence-corrected chi connectivity index (χ2v) is 8.23. The van der Waals surface area contributed by atoms with Gasteiger partial charge in [0.05, 0.1) is 30.0 Å². The van der Waals surface area contributed by atoms with E-state index in [2.05, 4.69) is 10.6 Å². The van der Waals surface area contributed by atoms with Gasteiger partial charge in [-0.2, -0.15) is 9.31 Å². The fourth-order valence-electron chi connectivity index (χ4n) is 1.89. The van der Waals surface area contributed by atoms with Crippen LogP contribution < -0.4 is 9.80 Å². The second-order valence-electron chi connectivity index (χ2n) is 6.24. The van der Waals surface area contributed by atoms with Crippen molar-refractivity contribution < 1.29 is 22.5 Å². The van der Waals surface area contributed by atoms with Crippen LogP contribution in [0.15, 0.2) is 10.7 Å². The molecule has 0 atom stereocenters. The summed E-state index contributed by atoms with van der Waals surface area (Å²) in [6, 6.07) is 0. The van der Waals surface area contributed by atoms with E-state index in [0.717, 1.165) is 0 Å². The van der Waals surface area contributed by atoms with Crippen LogP contribution in [0.3, 0.4) is 0 Å². The molecule has 1 saturated heterocycles. The quantitative estimate of drug-likeness (QED) is 0.708. The number of nitrogens with zero attached hydrogens (tertiary/aromatic N) is 5. The van der Waals surface area contributed by atoms with E-state index < -0.39 is 15.4 Å². The Bertz CT molecular complexity index is 641. The normalized spacial score (nSPS) is 17.5. The fraction of sp³-hybridized carbons (Fsp3) is 0.750. The molecule has 0 unspecified atom stereocenters. The van der Waals surface area contributed by atoms with Gasteiger partial charge in [0.15, 0.2) is 0 Å². The van der Waals surface area contributed by atoms with Gasteiger partial charge in [-0.1, -0.05) is 20.8 Å². The molecule has 0 saturated carbocycles. The van der Waals surface area contributed by atoms with Crippen molar-refractivity contribution in [2.24, 2.45) is 5.41 Å². The smallest absolute Gasteiger partial charge is 0.257 e. The van der Waals surface area contributed by atoms with Gasteiger partial charge in [0.2, 0.25) is 15.3 Å². The van der Waals surface area contributed by atoms with Crippen LogP contribution in [0, 0.1) is 5.41 Å². The average molecular weight is 331 g/mol. The van der Waals surface area contributed by atoms with Crippen LogP contribution in [0.25, 0.3) is 5.32 Å². The molecule has 22 heavy (non-hydrogen) atoms. The lowest BCUT2D eigenvalue weighted by molar-refractivity contribution is -0.759. The Morgan fingerprint density at radius 1 is 1.32 bits per heavy atom. The molecule has 1 aromatic heterocycles. The Kier molecular flexibility index (Phi) is 4.43. The lowest BCUT2D eigenvalue weighted by Crippen LogP contribution is -2.65. The Morgan fingerprint density at radius 2 is 1.91 bits per heavy atom. The molecule has 0 N–H and O–H groups in total. The average Bonchev–Trinajstić information content (AvgIpc) is 2.85. The Hall–Kier alpha value is -1.68. The molecular formula is C12H21N5O4S. The Balaban J connectivity index is 1.97. The maximum absolute atomic E-state index is 11.8. The SMILES string of the molecule is CC(C)(C)C(=O)[N-]c1c[n+](N2CCN(S(C)(=O)=O)CC2)no1. The van der Waals surface area contributed by atoms with Crippen LogP contribution in [0.1, 0.15) is 20.8 Å². The highest BCUT2D eigenvalue weighted by molar-refractivity contribution is 7.88. The van der Waals surface area contributed by atoms with Crippen molar-refractivity contribution in [2.75, 3.05) is 37.4 Å². The first kappa shape index (κ1) is 16.7. The van der Waals surface area contributed by atoms with Crippen molar-refractivity contribution in [3.05, 3.63) is 11.5 Å². The summed E-state index contributed by atoms with van der Waals surface area (Å²) in [5, 5.41) is 9.52. The molecule has 0 bridgehead atoms. The molecule has 1 aliphatic rings. The minimum absolute atomic E-state index is 0.130. The van der Waals surface area contributed by atoms with Crippen molar-refractivity contribution in [1.82, 2.24) is 9.58 Å². The van der Waals surface area contributed by atoms with Crippen molar-refractivity contribution in [1.29, 1.82) is 0 Å². The highest BCUT2D eigenvalue weighted by atomic mass is 32.2. The van der Waals surface area contributed by atoms with E-state index in [1.165, 1.54) is 21.5 Å². The van der Waals surface area contributed by atoms with Crippen LogP contribution in [-0.2, 0) is 14.8 Å². The number of piperazine rings is 1. The summed E-state index contributed by atoms with van der Waals surface area (Å²) in [5.41, 5.74) is -0.585. The van der Waals surface area contributed by atoms with Gasteiger partial charge in [0.1, 0.15) is 5.88 Å². The summed E-state index contributed by atoms with van der Waals surface area (Å²) in [6.45, 7) is 7.04. The van der Waals surface area contributed by atoms with E-state index in [9.17, 15) is 13.2 Å². The predicted octanol–water partition coefficient (Wildman–Crippen LogP) is -0.247. The molecule has 0 radical (unpaired) electrons. The van der Waals surface area contributed by atoms with Crippen LogP contribution in [0.2, 0.25) is 0 Å². The third-order valence-electron chi connectivity index (χ3n) is 3.27. The number of carbonyl (C=O) groups excluding carboxylic acids is 1. The van der Waals surface area contributed by atoms with Gasteiger partial charge >= 0.3 is 0 Å². The number of aromatic nitrogens is 2. The summed E-state index contributed by atoms with van der Waals surface area (Å²) in [7, 11) is -3.17. The fourth-order valence-corrected chi connectivity index (χ4v) is 2.72. The number of rotatable bonds is 3. The van der Waals surface area contributed by atoms with Gasteiger partial charge in [0.25, 0.3) is 6.20 Å². The van der Waals surface area contributed by atoms with Gasteiger partial charge in [-0.05, 0) is 0 Å². The molecule has 1 aromatic rings. The van der Waals surface area contributed by atoms with Crippen molar-refractivity contribution in [3.63, 3.8) is 0 Å². The largest absolute Gasteiger partial charge is 0.588 e. The van der Waals surface area contributed by atoms with Gasteiger partial charge in [-0.25, -0.2) is 8.42 Å². The molecule has 1 aliphatic heterocycles. The van der Waals surface area contributed by atoms with Crippen molar-refractivity contribution in [2.45, 2.75) is 20.8 Å². The van der Waals surface area contributed by atoms with Crippen LogP contribution >= 0.6 is 0 Å². The zero-order valence-electron chi connectivity index (χ0n) is 13.2. The molecule has 9 nitrogen and oxygen atoms in total. The predicted molar refractivity (Wildman–Crippen MR) is 78.5 cm³/mol. The van der Waals surface area contributed by atoms with Gasteiger partial charge in [-0.3, -0.25) is 0 Å². The third-order valence-corrected chi connectivity index (χ3v) is 4.57. The minimum Gasteiger partial charge on any atom is -0.588 e. The lowest BCUT2D eigenvalue weighted by Gasteiger charge is -2.28. The van der Waals surface area contributed by atoms with Crippen molar-refractivity contribution in [3.8, 4) is 0 Å². The van der Waals surface area contributed by atoms with E-state index in [1.54, 1.807) is 20.8 Å². The van der Waals surface area contributed by atoms with Crippen molar-refractivity contribution >= 4 is 21.8 Å². The van der Waals surface area contributed by atoms with Gasteiger partial charge in [0, 0.05) is 18.5 Å². The lowest BCUT2D eigenvalue weighted by atomic mass is 9.96. The summed E-state index contributed by atoms with van der Waals surface area (Å²) < 4.78 is 29.4. The highest BCUT2D eigenvalue weighted by Gasteiger charge is 2.29. The maximum Gasteiger partial charge on any atom is 0.257 e. The topological polar surface area (TPSA) is 102 Å². The van der Waals surface area contributed by atoms with Crippen LogP contribution in [0.5, 0.6) is 0 Å². The molecule has 0 aliphatic carbocycles. The minimum atomic E-state index is -3.17. The number of amides is 1. The number of hydrogen-bond acceptors (Lipinski definition) is 6. The van der Waals surface area contributed by atoms with Gasteiger partial charge < -0.3 is 14.6 Å². The molecule has 10 heteroatoms. The van der Waals surface area contributed by atoms with E-state index in [4.69, 9.17) is 4.52 Å². The summed E-state index contributed by atoms with van der Waals surface area (Å²) in [6.07, 6.45) is 2.71. The summed E-state index contributed by atoms with van der Waals surface area (Å²) in [5.74, 6) is -0.164. The van der Waals surface area contributed by atoms with Gasteiger partial charge in [-0.15, -0.1) is 0 Å². The highest BCUT2D eigenvalue weighted by Crippen LogP contribution is 2.24. The molecule has 0 aromatic carbocycles. The Morgan fingerprint density at radius 3 is 2.41 bits per heavy atom. The van der Waals surface area contributed by atoms with E-state index >= 15 is 0 Å². The number of sulfonamides is 1. The zero-order chi connectivity index (χ0) is 16.5. The van der Waals surface area contributed by atoms with E-state index in [1.807, 2.05) is 5.01 Å². The van der Waals surface area contributed by atoms with Crippen LogP contribution in [0.4, 0.5) is 5.88 Å². The summed E-state index contributed by atoms with van der Waals surface area (Å²) in [4.78, 5) is 13.3. The molecule has 2 heterocycles. The summed E-state index contributed by atoms with van der Waals surface area (Å²) >= 11 is 0. The number of hydrogen-bond donors (Lipinski definition) is 0. The molecule has 1 fully saturated rings. The first-order valence-corrected chi connectivity index (χ1v) is 8.77.